The van der Waals surface area contributed by atoms with Crippen LogP contribution in [-0.2, 0) is 9.63 Å². The zero-order chi connectivity index (χ0) is 19.1. The molecule has 26 heavy (non-hydrogen) atoms. The van der Waals surface area contributed by atoms with Gasteiger partial charge in [0.05, 0.1) is 23.8 Å². The van der Waals surface area contributed by atoms with Crippen molar-refractivity contribution in [1.82, 2.24) is 0 Å². The summed E-state index contributed by atoms with van der Waals surface area (Å²) in [6, 6.07) is 9.73. The summed E-state index contributed by atoms with van der Waals surface area (Å²) >= 11 is 0. The Morgan fingerprint density at radius 2 is 1.92 bits per heavy atom. The molecule has 9 heteroatoms. The largest absolute Gasteiger partial charge is 0.493 e. The maximum Gasteiger partial charge on any atom is 0.343 e. The summed E-state index contributed by atoms with van der Waals surface area (Å²) in [5.74, 6) is -0.978. The van der Waals surface area contributed by atoms with Gasteiger partial charge in [-0.2, -0.15) is 0 Å². The fourth-order valence-corrected chi connectivity index (χ4v) is 1.92. The molecule has 0 N–H and O–H groups in total. The molecule has 0 aliphatic heterocycles. The average Bonchev–Trinajstić information content (AvgIpc) is 2.62. The van der Waals surface area contributed by atoms with Gasteiger partial charge in [0, 0.05) is 24.6 Å². The first kappa shape index (κ1) is 18.6. The molecule has 0 spiro atoms. The summed E-state index contributed by atoms with van der Waals surface area (Å²) in [6.07, 6.45) is 1.29. The van der Waals surface area contributed by atoms with Gasteiger partial charge >= 0.3 is 11.9 Å². The van der Waals surface area contributed by atoms with Crippen molar-refractivity contribution in [2.24, 2.45) is 5.16 Å². The average molecular weight is 358 g/mol. The van der Waals surface area contributed by atoms with Crippen molar-refractivity contribution in [3.8, 4) is 11.5 Å². The summed E-state index contributed by atoms with van der Waals surface area (Å²) in [4.78, 5) is 37.5. The van der Waals surface area contributed by atoms with Crippen LogP contribution in [0, 0.1) is 10.1 Å². The van der Waals surface area contributed by atoms with E-state index in [2.05, 4.69) is 9.99 Å². The smallest absolute Gasteiger partial charge is 0.343 e. The summed E-state index contributed by atoms with van der Waals surface area (Å²) in [5, 5.41) is 14.3. The number of non-ortho nitro benzene ring substituents is 1. The van der Waals surface area contributed by atoms with E-state index in [4.69, 9.17) is 9.47 Å². The van der Waals surface area contributed by atoms with Crippen LogP contribution in [0.2, 0.25) is 0 Å². The number of oxime groups is 1. The second-order valence-electron chi connectivity index (χ2n) is 4.92. The zero-order valence-electron chi connectivity index (χ0n) is 13.9. The molecule has 0 aliphatic carbocycles. The standard InChI is InChI=1S/C17H14N2O7/c1-11(20)26-18-10-12-6-7-15(16(8-12)24-2)25-17(21)13-4-3-5-14(9-13)19(22)23/h3-10H,1-2H3/b18-10-. The molecule has 0 unspecified atom stereocenters. The van der Waals surface area contributed by atoms with Gasteiger partial charge in [-0.3, -0.25) is 10.1 Å². The van der Waals surface area contributed by atoms with Gasteiger partial charge < -0.3 is 14.3 Å². The molecule has 0 aromatic heterocycles. The van der Waals surface area contributed by atoms with Crippen molar-refractivity contribution in [1.29, 1.82) is 0 Å². The minimum atomic E-state index is -0.770. The summed E-state index contributed by atoms with van der Waals surface area (Å²) in [5.41, 5.74) is 0.350. The van der Waals surface area contributed by atoms with Crippen LogP contribution in [0.1, 0.15) is 22.8 Å². The molecule has 0 saturated heterocycles. The van der Waals surface area contributed by atoms with E-state index in [1.54, 1.807) is 6.07 Å². The van der Waals surface area contributed by atoms with Crippen molar-refractivity contribution < 1.29 is 28.8 Å². The predicted molar refractivity (Wildman–Crippen MR) is 90.4 cm³/mol. The van der Waals surface area contributed by atoms with Crippen LogP contribution in [0.25, 0.3) is 0 Å². The molecule has 0 radical (unpaired) electrons. The van der Waals surface area contributed by atoms with Crippen LogP contribution in [0.4, 0.5) is 5.69 Å². The van der Waals surface area contributed by atoms with Gasteiger partial charge in [-0.1, -0.05) is 11.2 Å². The molecule has 2 aromatic rings. The van der Waals surface area contributed by atoms with E-state index >= 15 is 0 Å². The molecular formula is C17H14N2O7. The van der Waals surface area contributed by atoms with E-state index in [0.29, 0.717) is 5.56 Å². The predicted octanol–water partition coefficient (Wildman–Crippen LogP) is 2.72. The second-order valence-corrected chi connectivity index (χ2v) is 4.92. The lowest BCUT2D eigenvalue weighted by Gasteiger charge is -2.09. The number of ether oxygens (including phenoxy) is 2. The number of esters is 1. The van der Waals surface area contributed by atoms with Gasteiger partial charge in [0.2, 0.25) is 0 Å². The molecule has 0 aliphatic rings. The zero-order valence-corrected chi connectivity index (χ0v) is 13.9. The van der Waals surface area contributed by atoms with Crippen molar-refractivity contribution >= 4 is 23.8 Å². The number of nitro benzene ring substituents is 1. The fourth-order valence-electron chi connectivity index (χ4n) is 1.92. The third kappa shape index (κ3) is 4.87. The van der Waals surface area contributed by atoms with E-state index in [1.807, 2.05) is 0 Å². The van der Waals surface area contributed by atoms with Gasteiger partial charge in [-0.25, -0.2) is 9.59 Å². The highest BCUT2D eigenvalue weighted by atomic mass is 16.7. The Balaban J connectivity index is 2.19. The van der Waals surface area contributed by atoms with E-state index < -0.39 is 16.9 Å². The molecule has 2 aromatic carbocycles. The van der Waals surface area contributed by atoms with E-state index in [0.717, 1.165) is 6.07 Å². The summed E-state index contributed by atoms with van der Waals surface area (Å²) in [7, 11) is 1.38. The molecule has 134 valence electrons. The van der Waals surface area contributed by atoms with E-state index in [-0.39, 0.29) is 22.7 Å². The van der Waals surface area contributed by atoms with Crippen LogP contribution in [-0.4, -0.2) is 30.2 Å². The van der Waals surface area contributed by atoms with Crippen LogP contribution in [0.3, 0.4) is 0 Å². The minimum absolute atomic E-state index is 0.0294. The van der Waals surface area contributed by atoms with Crippen molar-refractivity contribution in [2.45, 2.75) is 6.92 Å². The van der Waals surface area contributed by atoms with Crippen molar-refractivity contribution in [3.63, 3.8) is 0 Å². The minimum Gasteiger partial charge on any atom is -0.493 e. The Morgan fingerprint density at radius 3 is 2.58 bits per heavy atom. The monoisotopic (exact) mass is 358 g/mol. The number of benzene rings is 2. The number of carbonyl (C=O) groups is 2. The third-order valence-corrected chi connectivity index (χ3v) is 3.07. The molecular weight excluding hydrogens is 344 g/mol. The molecule has 0 bridgehead atoms. The highest BCUT2D eigenvalue weighted by Gasteiger charge is 2.15. The Hall–Kier alpha value is -3.75. The highest BCUT2D eigenvalue weighted by Crippen LogP contribution is 2.28. The third-order valence-electron chi connectivity index (χ3n) is 3.07. The Bertz CT molecular complexity index is 877. The lowest BCUT2D eigenvalue weighted by molar-refractivity contribution is -0.384. The van der Waals surface area contributed by atoms with Gasteiger partial charge in [0.25, 0.3) is 5.69 Å². The van der Waals surface area contributed by atoms with Gasteiger partial charge in [-0.05, 0) is 24.3 Å². The Kier molecular flexibility index (Phi) is 5.99. The first-order valence-electron chi connectivity index (χ1n) is 7.26. The SMILES string of the molecule is COc1cc(/C=N\OC(C)=O)ccc1OC(=O)c1cccc([N+](=O)[O-])c1. The van der Waals surface area contributed by atoms with E-state index in [9.17, 15) is 19.7 Å². The fraction of sp³-hybridized carbons (Fsp3) is 0.118. The second kappa shape index (κ2) is 8.38. The van der Waals surface area contributed by atoms with E-state index in [1.165, 1.54) is 50.6 Å². The first-order valence-corrected chi connectivity index (χ1v) is 7.26. The number of rotatable bonds is 6. The maximum atomic E-state index is 12.2. The number of hydrogen-bond donors (Lipinski definition) is 0. The molecule has 0 fully saturated rings. The molecule has 9 nitrogen and oxygen atoms in total. The first-order chi connectivity index (χ1) is 12.4. The lowest BCUT2D eigenvalue weighted by atomic mass is 10.2. The lowest BCUT2D eigenvalue weighted by Crippen LogP contribution is -2.09. The van der Waals surface area contributed by atoms with Crippen molar-refractivity contribution in [3.05, 3.63) is 63.7 Å². The van der Waals surface area contributed by atoms with Crippen LogP contribution in [0.5, 0.6) is 11.5 Å². The summed E-state index contributed by atoms with van der Waals surface area (Å²) < 4.78 is 10.4. The number of methoxy groups -OCH3 is 1. The molecule has 0 heterocycles. The topological polar surface area (TPSA) is 117 Å². The molecule has 2 rings (SSSR count). The normalized spacial score (nSPS) is 10.4. The number of nitrogens with zero attached hydrogens (tertiary/aromatic N) is 2. The number of hydrogen-bond acceptors (Lipinski definition) is 8. The molecule has 0 saturated carbocycles. The van der Waals surface area contributed by atoms with Gasteiger partial charge in [0.1, 0.15) is 0 Å². The molecule has 0 atom stereocenters. The van der Waals surface area contributed by atoms with Crippen LogP contribution >= 0.6 is 0 Å². The maximum absolute atomic E-state index is 12.2. The van der Waals surface area contributed by atoms with Crippen LogP contribution < -0.4 is 9.47 Å². The van der Waals surface area contributed by atoms with Gasteiger partial charge in [-0.15, -0.1) is 0 Å². The Labute approximate surface area is 147 Å². The van der Waals surface area contributed by atoms with Gasteiger partial charge in [0.15, 0.2) is 11.5 Å². The van der Waals surface area contributed by atoms with Crippen molar-refractivity contribution in [2.75, 3.05) is 7.11 Å². The highest BCUT2D eigenvalue weighted by molar-refractivity contribution is 5.92. The summed E-state index contributed by atoms with van der Waals surface area (Å²) in [6.45, 7) is 1.22. The quantitative estimate of drug-likeness (QED) is 0.194. The number of nitro groups is 1. The Morgan fingerprint density at radius 1 is 1.15 bits per heavy atom. The van der Waals surface area contributed by atoms with Crippen LogP contribution in [0.15, 0.2) is 47.6 Å². The number of carbonyl (C=O) groups excluding carboxylic acids is 2. The molecule has 0 amide bonds.